The highest BCUT2D eigenvalue weighted by Crippen LogP contribution is 2.22. The van der Waals surface area contributed by atoms with Gasteiger partial charge in [0.1, 0.15) is 11.6 Å². The Morgan fingerprint density at radius 3 is 2.88 bits per heavy atom. The summed E-state index contributed by atoms with van der Waals surface area (Å²) in [6.45, 7) is 1.18. The lowest BCUT2D eigenvalue weighted by molar-refractivity contribution is 0.500. The fraction of sp³-hybridized carbons (Fsp3) is 0.389. The van der Waals surface area contributed by atoms with Crippen LogP contribution in [-0.4, -0.2) is 28.7 Å². The van der Waals surface area contributed by atoms with Gasteiger partial charge in [-0.25, -0.2) is 9.18 Å². The predicted molar refractivity (Wildman–Crippen MR) is 95.6 cm³/mol. The molecule has 1 unspecified atom stereocenters. The Bertz CT molecular complexity index is 989. The zero-order valence-corrected chi connectivity index (χ0v) is 14.5. The van der Waals surface area contributed by atoms with Gasteiger partial charge in [0.15, 0.2) is 0 Å². The lowest BCUT2D eigenvalue weighted by atomic mass is 10.00. The average Bonchev–Trinajstić information content (AvgIpc) is 2.62. The van der Waals surface area contributed by atoms with Crippen molar-refractivity contribution in [3.63, 3.8) is 0 Å². The fourth-order valence-electron chi connectivity index (χ4n) is 3.31. The number of benzene rings is 1. The Hall–Kier alpha value is -2.92. The molecule has 3 rings (SSSR count). The molecule has 1 fully saturated rings. The first-order valence-electron chi connectivity index (χ1n) is 8.42. The van der Waals surface area contributed by atoms with Crippen molar-refractivity contribution in [1.29, 1.82) is 5.26 Å². The van der Waals surface area contributed by atoms with Gasteiger partial charge in [-0.1, -0.05) is 0 Å². The van der Waals surface area contributed by atoms with Crippen molar-refractivity contribution in [2.24, 2.45) is 12.8 Å². The summed E-state index contributed by atoms with van der Waals surface area (Å²) in [7, 11) is 1.38. The standard InChI is InChI=1S/C18H20FN5O2/c1-23-17(25)15(8-12-7-13(19)5-4-11(12)9-20)16(22-18(23)26)24-6-2-3-14(21)10-24/h4-5,7,14H,2-3,6,8,10,21H2,1H3,(H,22,26). The van der Waals surface area contributed by atoms with Crippen LogP contribution in [-0.2, 0) is 13.5 Å². The second-order valence-electron chi connectivity index (χ2n) is 6.56. The number of nitriles is 1. The van der Waals surface area contributed by atoms with E-state index in [0.717, 1.165) is 17.4 Å². The van der Waals surface area contributed by atoms with E-state index in [9.17, 15) is 19.2 Å². The predicted octanol–water partition coefficient (Wildman–Crippen LogP) is 0.603. The quantitative estimate of drug-likeness (QED) is 0.836. The Morgan fingerprint density at radius 1 is 1.42 bits per heavy atom. The molecular formula is C18H20FN5O2. The first kappa shape index (κ1) is 17.9. The van der Waals surface area contributed by atoms with Crippen LogP contribution >= 0.6 is 0 Å². The lowest BCUT2D eigenvalue weighted by Gasteiger charge is -2.33. The monoisotopic (exact) mass is 357 g/mol. The van der Waals surface area contributed by atoms with Crippen molar-refractivity contribution in [3.05, 3.63) is 61.5 Å². The van der Waals surface area contributed by atoms with E-state index in [1.165, 1.54) is 25.2 Å². The molecule has 1 aliphatic heterocycles. The topological polar surface area (TPSA) is 108 Å². The number of rotatable bonds is 3. The third kappa shape index (κ3) is 3.39. The van der Waals surface area contributed by atoms with Gasteiger partial charge < -0.3 is 10.6 Å². The number of nitrogens with zero attached hydrogens (tertiary/aromatic N) is 3. The minimum absolute atomic E-state index is 0.0468. The van der Waals surface area contributed by atoms with Crippen molar-refractivity contribution in [2.45, 2.75) is 25.3 Å². The summed E-state index contributed by atoms with van der Waals surface area (Å²) in [5.74, 6) is -0.0804. The maximum absolute atomic E-state index is 13.7. The third-order valence-corrected chi connectivity index (χ3v) is 4.71. The Morgan fingerprint density at radius 2 is 2.19 bits per heavy atom. The zero-order valence-electron chi connectivity index (χ0n) is 14.5. The van der Waals surface area contributed by atoms with Gasteiger partial charge in [-0.05, 0) is 36.6 Å². The number of hydrogen-bond acceptors (Lipinski definition) is 5. The number of hydrogen-bond donors (Lipinski definition) is 2. The molecule has 0 spiro atoms. The van der Waals surface area contributed by atoms with E-state index >= 15 is 0 Å². The molecule has 1 aromatic heterocycles. The molecule has 0 amide bonds. The zero-order chi connectivity index (χ0) is 18.8. The largest absolute Gasteiger partial charge is 0.356 e. The second kappa shape index (κ2) is 7.14. The number of nitrogens with two attached hydrogens (primary N) is 1. The van der Waals surface area contributed by atoms with Crippen LogP contribution in [0.3, 0.4) is 0 Å². The van der Waals surface area contributed by atoms with Gasteiger partial charge in [0.25, 0.3) is 5.56 Å². The highest BCUT2D eigenvalue weighted by Gasteiger charge is 2.23. The van der Waals surface area contributed by atoms with Crippen molar-refractivity contribution < 1.29 is 4.39 Å². The Labute approximate surface area is 149 Å². The van der Waals surface area contributed by atoms with E-state index in [-0.39, 0.29) is 12.5 Å². The van der Waals surface area contributed by atoms with Crippen LogP contribution in [0.2, 0.25) is 0 Å². The molecule has 26 heavy (non-hydrogen) atoms. The van der Waals surface area contributed by atoms with Crippen molar-refractivity contribution in [2.75, 3.05) is 18.0 Å². The Balaban J connectivity index is 2.13. The minimum atomic E-state index is -0.521. The molecule has 0 bridgehead atoms. The summed E-state index contributed by atoms with van der Waals surface area (Å²) >= 11 is 0. The minimum Gasteiger partial charge on any atom is -0.356 e. The summed E-state index contributed by atoms with van der Waals surface area (Å²) in [4.78, 5) is 29.5. The second-order valence-corrected chi connectivity index (χ2v) is 6.56. The number of nitrogens with one attached hydrogen (secondary N) is 1. The molecule has 8 heteroatoms. The normalized spacial score (nSPS) is 17.2. The number of aromatic nitrogens is 2. The smallest absolute Gasteiger partial charge is 0.329 e. The van der Waals surface area contributed by atoms with Gasteiger partial charge in [-0.2, -0.15) is 5.26 Å². The molecule has 1 aromatic carbocycles. The summed E-state index contributed by atoms with van der Waals surface area (Å²) in [6.07, 6.45) is 1.77. The van der Waals surface area contributed by atoms with Crippen LogP contribution in [0.5, 0.6) is 0 Å². The maximum atomic E-state index is 13.7. The van der Waals surface area contributed by atoms with Crippen LogP contribution in [0.15, 0.2) is 27.8 Å². The maximum Gasteiger partial charge on any atom is 0.329 e. The summed E-state index contributed by atoms with van der Waals surface area (Å²) < 4.78 is 14.6. The molecular weight excluding hydrogens is 337 g/mol. The number of piperidine rings is 1. The molecule has 0 radical (unpaired) electrons. The van der Waals surface area contributed by atoms with E-state index in [1.807, 2.05) is 11.0 Å². The number of aromatic amines is 1. The lowest BCUT2D eigenvalue weighted by Crippen LogP contribution is -2.46. The van der Waals surface area contributed by atoms with E-state index in [4.69, 9.17) is 5.73 Å². The molecule has 3 N–H and O–H groups in total. The van der Waals surface area contributed by atoms with Crippen LogP contribution < -0.4 is 21.9 Å². The van der Waals surface area contributed by atoms with E-state index < -0.39 is 17.1 Å². The summed E-state index contributed by atoms with van der Waals surface area (Å²) in [5.41, 5.74) is 6.06. The first-order valence-corrected chi connectivity index (χ1v) is 8.42. The van der Waals surface area contributed by atoms with Gasteiger partial charge >= 0.3 is 5.69 Å². The Kier molecular flexibility index (Phi) is 4.91. The van der Waals surface area contributed by atoms with Gasteiger partial charge in [-0.3, -0.25) is 14.3 Å². The van der Waals surface area contributed by atoms with E-state index in [0.29, 0.717) is 35.6 Å². The molecule has 7 nitrogen and oxygen atoms in total. The molecule has 0 saturated carbocycles. The van der Waals surface area contributed by atoms with Gasteiger partial charge in [0.2, 0.25) is 0 Å². The molecule has 1 saturated heterocycles. The third-order valence-electron chi connectivity index (χ3n) is 4.71. The van der Waals surface area contributed by atoms with Crippen LogP contribution in [0.4, 0.5) is 10.2 Å². The molecule has 0 aliphatic carbocycles. The first-order chi connectivity index (χ1) is 12.4. The van der Waals surface area contributed by atoms with Gasteiger partial charge in [0, 0.05) is 32.6 Å². The SMILES string of the molecule is Cn1c(=O)[nH]c(N2CCCC(N)C2)c(Cc2cc(F)ccc2C#N)c1=O. The molecule has 1 atom stereocenters. The van der Waals surface area contributed by atoms with E-state index in [2.05, 4.69) is 4.98 Å². The fourth-order valence-corrected chi connectivity index (χ4v) is 3.31. The van der Waals surface area contributed by atoms with Crippen molar-refractivity contribution in [1.82, 2.24) is 9.55 Å². The highest BCUT2D eigenvalue weighted by atomic mass is 19.1. The molecule has 1 aliphatic rings. The van der Waals surface area contributed by atoms with Gasteiger partial charge in [0.05, 0.1) is 17.2 Å². The van der Waals surface area contributed by atoms with Gasteiger partial charge in [-0.15, -0.1) is 0 Å². The summed E-state index contributed by atoms with van der Waals surface area (Å²) in [5, 5.41) is 9.27. The average molecular weight is 357 g/mol. The van der Waals surface area contributed by atoms with Crippen molar-refractivity contribution in [3.8, 4) is 6.07 Å². The highest BCUT2D eigenvalue weighted by molar-refractivity contribution is 5.50. The van der Waals surface area contributed by atoms with Crippen LogP contribution in [0.25, 0.3) is 0 Å². The van der Waals surface area contributed by atoms with Crippen molar-refractivity contribution >= 4 is 5.82 Å². The number of H-pyrrole nitrogens is 1. The molecule has 136 valence electrons. The number of anilines is 1. The summed E-state index contributed by atoms with van der Waals surface area (Å²) in [6, 6.07) is 5.80. The number of halogens is 1. The molecule has 2 aromatic rings. The van der Waals surface area contributed by atoms with Crippen LogP contribution in [0.1, 0.15) is 29.5 Å². The van der Waals surface area contributed by atoms with Crippen LogP contribution in [0, 0.1) is 17.1 Å². The van der Waals surface area contributed by atoms with E-state index in [1.54, 1.807) is 0 Å². The molecule has 2 heterocycles.